The fraction of sp³-hybridized carbons (Fsp3) is 0.500. The van der Waals surface area contributed by atoms with Crippen LogP contribution in [-0.2, 0) is 0 Å². The molecule has 4 nitrogen and oxygen atoms in total. The number of nitro groups is 1. The van der Waals surface area contributed by atoms with E-state index < -0.39 is 0 Å². The van der Waals surface area contributed by atoms with Crippen LogP contribution in [0.3, 0.4) is 0 Å². The number of non-ortho nitro benzene ring substituents is 1. The van der Waals surface area contributed by atoms with Gasteiger partial charge in [-0.1, -0.05) is 13.0 Å². The van der Waals surface area contributed by atoms with E-state index in [9.17, 15) is 10.1 Å². The van der Waals surface area contributed by atoms with Gasteiger partial charge in [0.05, 0.1) is 4.92 Å². The van der Waals surface area contributed by atoms with Crippen molar-refractivity contribution in [2.45, 2.75) is 32.2 Å². The van der Waals surface area contributed by atoms with Gasteiger partial charge in [0.1, 0.15) is 0 Å². The molecule has 0 aromatic heterocycles. The van der Waals surface area contributed by atoms with E-state index in [1.54, 1.807) is 12.1 Å². The van der Waals surface area contributed by atoms with Gasteiger partial charge in [-0.05, 0) is 31.2 Å². The molecule has 1 aromatic rings. The third-order valence-corrected chi connectivity index (χ3v) is 3.12. The van der Waals surface area contributed by atoms with Crippen molar-refractivity contribution < 1.29 is 4.92 Å². The Kier molecular flexibility index (Phi) is 3.08. The molecular formula is C12H16N2O2. The minimum absolute atomic E-state index is 0.149. The predicted octanol–water partition coefficient (Wildman–Crippen LogP) is 3.20. The number of benzene rings is 1. The van der Waals surface area contributed by atoms with Crippen molar-refractivity contribution in [3.63, 3.8) is 0 Å². The Labute approximate surface area is 94.8 Å². The molecule has 1 aliphatic rings. The molecule has 1 aliphatic carbocycles. The molecule has 0 radical (unpaired) electrons. The largest absolute Gasteiger partial charge is 0.382 e. The van der Waals surface area contributed by atoms with E-state index in [2.05, 4.69) is 12.2 Å². The van der Waals surface area contributed by atoms with E-state index in [0.29, 0.717) is 6.04 Å². The quantitative estimate of drug-likeness (QED) is 0.628. The molecule has 1 aromatic carbocycles. The molecule has 4 heteroatoms. The number of nitrogens with one attached hydrogen (secondary N) is 1. The molecule has 2 atom stereocenters. The summed E-state index contributed by atoms with van der Waals surface area (Å²) in [7, 11) is 0. The average molecular weight is 220 g/mol. The molecular weight excluding hydrogens is 204 g/mol. The van der Waals surface area contributed by atoms with Gasteiger partial charge < -0.3 is 5.32 Å². The van der Waals surface area contributed by atoms with Crippen molar-refractivity contribution in [2.24, 2.45) is 5.92 Å². The van der Waals surface area contributed by atoms with Crippen LogP contribution in [0.15, 0.2) is 24.3 Å². The number of anilines is 1. The van der Waals surface area contributed by atoms with Gasteiger partial charge in [-0.2, -0.15) is 0 Å². The highest BCUT2D eigenvalue weighted by atomic mass is 16.6. The van der Waals surface area contributed by atoms with Gasteiger partial charge in [0, 0.05) is 23.9 Å². The Bertz CT molecular complexity index is 392. The maximum absolute atomic E-state index is 10.6. The van der Waals surface area contributed by atoms with Crippen molar-refractivity contribution >= 4 is 11.4 Å². The van der Waals surface area contributed by atoms with Crippen LogP contribution >= 0.6 is 0 Å². The van der Waals surface area contributed by atoms with Crippen LogP contribution in [0.2, 0.25) is 0 Å². The lowest BCUT2D eigenvalue weighted by Crippen LogP contribution is -2.15. The summed E-state index contributed by atoms with van der Waals surface area (Å²) in [5.74, 6) is 0.760. The van der Waals surface area contributed by atoms with E-state index >= 15 is 0 Å². The number of rotatable bonds is 3. The first-order chi connectivity index (χ1) is 7.65. The SMILES string of the molecule is CC1CCC(Nc2cccc([N+](=O)[O-])c2)C1. The molecule has 1 fully saturated rings. The standard InChI is InChI=1S/C12H16N2O2/c1-9-5-6-11(7-9)13-10-3-2-4-12(8-10)14(15)16/h2-4,8-9,11,13H,5-7H2,1H3. The average Bonchev–Trinajstić information content (AvgIpc) is 2.64. The van der Waals surface area contributed by atoms with E-state index in [1.807, 2.05) is 6.07 Å². The Balaban J connectivity index is 2.04. The Hall–Kier alpha value is -1.58. The van der Waals surface area contributed by atoms with Gasteiger partial charge in [0.25, 0.3) is 5.69 Å². The van der Waals surface area contributed by atoms with Gasteiger partial charge in [-0.15, -0.1) is 0 Å². The van der Waals surface area contributed by atoms with Gasteiger partial charge >= 0.3 is 0 Å². The van der Waals surface area contributed by atoms with Crippen molar-refractivity contribution in [2.75, 3.05) is 5.32 Å². The van der Waals surface area contributed by atoms with E-state index in [0.717, 1.165) is 24.4 Å². The molecule has 0 bridgehead atoms. The summed E-state index contributed by atoms with van der Waals surface area (Å²) in [6.45, 7) is 2.25. The van der Waals surface area contributed by atoms with Crippen LogP contribution < -0.4 is 5.32 Å². The second kappa shape index (κ2) is 4.51. The molecule has 16 heavy (non-hydrogen) atoms. The van der Waals surface area contributed by atoms with Crippen LogP contribution in [0.25, 0.3) is 0 Å². The molecule has 0 spiro atoms. The van der Waals surface area contributed by atoms with E-state index in [4.69, 9.17) is 0 Å². The summed E-state index contributed by atoms with van der Waals surface area (Å²) in [6, 6.07) is 7.19. The smallest absolute Gasteiger partial charge is 0.271 e. The zero-order valence-corrected chi connectivity index (χ0v) is 9.35. The molecule has 86 valence electrons. The molecule has 0 saturated heterocycles. The summed E-state index contributed by atoms with van der Waals surface area (Å²) in [4.78, 5) is 10.3. The maximum Gasteiger partial charge on any atom is 0.271 e. The third-order valence-electron chi connectivity index (χ3n) is 3.12. The summed E-state index contributed by atoms with van der Waals surface area (Å²) in [5.41, 5.74) is 1.00. The number of nitrogens with zero attached hydrogens (tertiary/aromatic N) is 1. The Morgan fingerprint density at radius 3 is 2.88 bits per heavy atom. The van der Waals surface area contributed by atoms with Gasteiger partial charge in [0.15, 0.2) is 0 Å². The van der Waals surface area contributed by atoms with Crippen molar-refractivity contribution in [3.05, 3.63) is 34.4 Å². The zero-order valence-electron chi connectivity index (χ0n) is 9.35. The number of nitro benzene ring substituents is 1. The second-order valence-corrected chi connectivity index (χ2v) is 4.57. The van der Waals surface area contributed by atoms with E-state index in [1.165, 1.54) is 12.5 Å². The normalized spacial score (nSPS) is 24.3. The molecule has 0 aliphatic heterocycles. The lowest BCUT2D eigenvalue weighted by molar-refractivity contribution is -0.384. The molecule has 2 rings (SSSR count). The third kappa shape index (κ3) is 2.51. The van der Waals surface area contributed by atoms with Crippen molar-refractivity contribution in [1.82, 2.24) is 0 Å². The lowest BCUT2D eigenvalue weighted by atomic mass is 10.1. The lowest BCUT2D eigenvalue weighted by Gasteiger charge is -2.13. The van der Waals surface area contributed by atoms with Crippen LogP contribution in [0.5, 0.6) is 0 Å². The van der Waals surface area contributed by atoms with Crippen molar-refractivity contribution in [1.29, 1.82) is 0 Å². The first kappa shape index (κ1) is 10.9. The molecule has 1 N–H and O–H groups in total. The summed E-state index contributed by atoms with van der Waals surface area (Å²) >= 11 is 0. The number of hydrogen-bond acceptors (Lipinski definition) is 3. The molecule has 0 heterocycles. The minimum atomic E-state index is -0.359. The molecule has 0 amide bonds. The van der Waals surface area contributed by atoms with E-state index in [-0.39, 0.29) is 10.6 Å². The van der Waals surface area contributed by atoms with Gasteiger partial charge in [-0.25, -0.2) is 0 Å². The Morgan fingerprint density at radius 1 is 1.44 bits per heavy atom. The Morgan fingerprint density at radius 2 is 2.25 bits per heavy atom. The zero-order chi connectivity index (χ0) is 11.5. The highest BCUT2D eigenvalue weighted by Gasteiger charge is 2.21. The first-order valence-electron chi connectivity index (χ1n) is 5.66. The molecule has 2 unspecified atom stereocenters. The number of hydrogen-bond donors (Lipinski definition) is 1. The first-order valence-corrected chi connectivity index (χ1v) is 5.66. The summed E-state index contributed by atoms with van der Waals surface area (Å²) in [6.07, 6.45) is 3.55. The minimum Gasteiger partial charge on any atom is -0.382 e. The van der Waals surface area contributed by atoms with Crippen LogP contribution in [0.1, 0.15) is 26.2 Å². The topological polar surface area (TPSA) is 55.2 Å². The fourth-order valence-corrected chi connectivity index (χ4v) is 2.28. The second-order valence-electron chi connectivity index (χ2n) is 4.57. The van der Waals surface area contributed by atoms with Crippen LogP contribution in [0.4, 0.5) is 11.4 Å². The van der Waals surface area contributed by atoms with Gasteiger partial charge in [0.2, 0.25) is 0 Å². The summed E-state index contributed by atoms with van der Waals surface area (Å²) in [5, 5.41) is 14.0. The van der Waals surface area contributed by atoms with Crippen LogP contribution in [0, 0.1) is 16.0 Å². The summed E-state index contributed by atoms with van der Waals surface area (Å²) < 4.78 is 0. The monoisotopic (exact) mass is 220 g/mol. The van der Waals surface area contributed by atoms with Crippen molar-refractivity contribution in [3.8, 4) is 0 Å². The molecule has 1 saturated carbocycles. The maximum atomic E-state index is 10.6. The highest BCUT2D eigenvalue weighted by molar-refractivity contribution is 5.51. The van der Waals surface area contributed by atoms with Gasteiger partial charge in [-0.3, -0.25) is 10.1 Å². The van der Waals surface area contributed by atoms with Crippen LogP contribution in [-0.4, -0.2) is 11.0 Å². The highest BCUT2D eigenvalue weighted by Crippen LogP contribution is 2.28. The predicted molar refractivity (Wildman–Crippen MR) is 63.5 cm³/mol. The fourth-order valence-electron chi connectivity index (χ4n) is 2.28.